The zero-order chi connectivity index (χ0) is 16.7. The first-order valence-electron chi connectivity index (χ1n) is 8.09. The second kappa shape index (κ2) is 5.90. The van der Waals surface area contributed by atoms with Gasteiger partial charge in [-0.2, -0.15) is 0 Å². The number of morpholine rings is 1. The molecule has 0 N–H and O–H groups in total. The molecule has 2 aliphatic heterocycles. The van der Waals surface area contributed by atoms with Crippen LogP contribution in [0.15, 0.2) is 28.7 Å². The first-order valence-corrected chi connectivity index (χ1v) is 8.09. The topological polar surface area (TPSA) is 77.7 Å². The van der Waals surface area contributed by atoms with Gasteiger partial charge < -0.3 is 18.8 Å². The van der Waals surface area contributed by atoms with E-state index in [1.165, 1.54) is 0 Å². The molecule has 1 aromatic carbocycles. The van der Waals surface area contributed by atoms with E-state index < -0.39 is 6.10 Å². The molecule has 0 saturated carbocycles. The fourth-order valence-electron chi connectivity index (χ4n) is 3.25. The predicted molar refractivity (Wildman–Crippen MR) is 83.6 cm³/mol. The number of carbonyl (C=O) groups is 1. The maximum Gasteiger partial charge on any atom is 0.264 e. The average Bonchev–Trinajstić information content (AvgIpc) is 3.19. The van der Waals surface area contributed by atoms with Crippen molar-refractivity contribution in [3.05, 3.63) is 41.6 Å². The van der Waals surface area contributed by atoms with Crippen LogP contribution in [0.25, 0.3) is 0 Å². The lowest BCUT2D eigenvalue weighted by Gasteiger charge is -2.33. The highest BCUT2D eigenvalue weighted by atomic mass is 16.5. The molecule has 2 aliphatic rings. The van der Waals surface area contributed by atoms with Gasteiger partial charge in [0.15, 0.2) is 12.2 Å². The summed E-state index contributed by atoms with van der Waals surface area (Å²) >= 11 is 0. The molecular formula is C17H19N3O4. The molecule has 24 heavy (non-hydrogen) atoms. The van der Waals surface area contributed by atoms with Crippen LogP contribution in [-0.2, 0) is 9.53 Å². The lowest BCUT2D eigenvalue weighted by Crippen LogP contribution is -2.48. The maximum absolute atomic E-state index is 12.9. The standard InChI is InChI=1S/C17H19N3O4/c1-10-12-5-3-4-6-13(12)24-15(10)17(21)20-7-8-22-14(9-20)16-19-18-11(2)23-16/h3-6,10,14-15H,7-9H2,1-2H3/t10-,14-,15+/m0/s1. The van der Waals surface area contributed by atoms with Crippen molar-refractivity contribution in [3.63, 3.8) is 0 Å². The third-order valence-electron chi connectivity index (χ3n) is 4.56. The molecule has 3 atom stereocenters. The molecule has 1 fully saturated rings. The molecule has 7 heteroatoms. The van der Waals surface area contributed by atoms with Crippen molar-refractivity contribution >= 4 is 5.91 Å². The molecule has 0 aliphatic carbocycles. The third-order valence-corrected chi connectivity index (χ3v) is 4.56. The van der Waals surface area contributed by atoms with Gasteiger partial charge in [0, 0.05) is 24.9 Å². The summed E-state index contributed by atoms with van der Waals surface area (Å²) in [5, 5.41) is 7.82. The minimum Gasteiger partial charge on any atom is -0.480 e. The number of benzene rings is 1. The summed E-state index contributed by atoms with van der Waals surface area (Å²) in [5.74, 6) is 1.69. The summed E-state index contributed by atoms with van der Waals surface area (Å²) in [6.45, 7) is 5.11. The Morgan fingerprint density at radius 2 is 2.12 bits per heavy atom. The molecule has 1 saturated heterocycles. The number of nitrogens with zero attached hydrogens (tertiary/aromatic N) is 3. The van der Waals surface area contributed by atoms with Crippen molar-refractivity contribution < 1.29 is 18.7 Å². The summed E-state index contributed by atoms with van der Waals surface area (Å²) in [4.78, 5) is 14.7. The Morgan fingerprint density at radius 1 is 1.29 bits per heavy atom. The Kier molecular flexibility index (Phi) is 3.72. The quantitative estimate of drug-likeness (QED) is 0.837. The zero-order valence-corrected chi connectivity index (χ0v) is 13.6. The fourth-order valence-corrected chi connectivity index (χ4v) is 3.25. The predicted octanol–water partition coefficient (Wildman–Crippen LogP) is 1.84. The Balaban J connectivity index is 1.49. The van der Waals surface area contributed by atoms with E-state index >= 15 is 0 Å². The van der Waals surface area contributed by atoms with Gasteiger partial charge in [-0.3, -0.25) is 4.79 Å². The smallest absolute Gasteiger partial charge is 0.264 e. The van der Waals surface area contributed by atoms with Crippen LogP contribution in [0.1, 0.15) is 36.3 Å². The van der Waals surface area contributed by atoms with E-state index in [-0.39, 0.29) is 17.9 Å². The Bertz CT molecular complexity index is 760. The van der Waals surface area contributed by atoms with Crippen molar-refractivity contribution in [2.75, 3.05) is 19.7 Å². The van der Waals surface area contributed by atoms with Gasteiger partial charge in [-0.1, -0.05) is 25.1 Å². The number of fused-ring (bicyclic) bond motifs is 1. The Morgan fingerprint density at radius 3 is 2.88 bits per heavy atom. The highest BCUT2D eigenvalue weighted by Crippen LogP contribution is 2.38. The summed E-state index contributed by atoms with van der Waals surface area (Å²) in [6.07, 6.45) is -0.881. The lowest BCUT2D eigenvalue weighted by atomic mass is 9.96. The van der Waals surface area contributed by atoms with Gasteiger partial charge in [0.2, 0.25) is 11.8 Å². The summed E-state index contributed by atoms with van der Waals surface area (Å²) in [5.41, 5.74) is 1.08. The number of rotatable bonds is 2. The van der Waals surface area contributed by atoms with E-state index in [0.29, 0.717) is 31.5 Å². The molecule has 126 valence electrons. The number of ether oxygens (including phenoxy) is 2. The molecule has 1 aromatic heterocycles. The Hall–Kier alpha value is -2.41. The van der Waals surface area contributed by atoms with Gasteiger partial charge in [-0.25, -0.2) is 0 Å². The molecule has 0 bridgehead atoms. The minimum atomic E-state index is -0.495. The summed E-state index contributed by atoms with van der Waals surface area (Å²) < 4.78 is 17.0. The highest BCUT2D eigenvalue weighted by Gasteiger charge is 2.40. The van der Waals surface area contributed by atoms with Crippen LogP contribution >= 0.6 is 0 Å². The van der Waals surface area contributed by atoms with Gasteiger partial charge in [-0.15, -0.1) is 10.2 Å². The largest absolute Gasteiger partial charge is 0.480 e. The van der Waals surface area contributed by atoms with Crippen molar-refractivity contribution in [2.45, 2.75) is 32.0 Å². The third kappa shape index (κ3) is 2.54. The van der Waals surface area contributed by atoms with E-state index in [1.54, 1.807) is 11.8 Å². The van der Waals surface area contributed by atoms with Crippen LogP contribution in [0, 0.1) is 6.92 Å². The van der Waals surface area contributed by atoms with E-state index in [1.807, 2.05) is 31.2 Å². The second-order valence-electron chi connectivity index (χ2n) is 6.17. The van der Waals surface area contributed by atoms with Crippen LogP contribution < -0.4 is 4.74 Å². The monoisotopic (exact) mass is 329 g/mol. The number of hydrogen-bond donors (Lipinski definition) is 0. The number of hydrogen-bond acceptors (Lipinski definition) is 6. The number of aromatic nitrogens is 2. The number of para-hydroxylation sites is 1. The van der Waals surface area contributed by atoms with Crippen molar-refractivity contribution in [1.82, 2.24) is 15.1 Å². The van der Waals surface area contributed by atoms with Gasteiger partial charge in [0.25, 0.3) is 5.91 Å². The van der Waals surface area contributed by atoms with E-state index in [9.17, 15) is 4.79 Å². The van der Waals surface area contributed by atoms with Gasteiger partial charge >= 0.3 is 0 Å². The normalized spacial score (nSPS) is 26.1. The second-order valence-corrected chi connectivity index (χ2v) is 6.17. The van der Waals surface area contributed by atoms with Crippen LogP contribution in [-0.4, -0.2) is 46.8 Å². The fraction of sp³-hybridized carbons (Fsp3) is 0.471. The van der Waals surface area contributed by atoms with E-state index in [0.717, 1.165) is 11.3 Å². The van der Waals surface area contributed by atoms with Gasteiger partial charge in [-0.05, 0) is 6.07 Å². The Labute approximate surface area is 139 Å². The van der Waals surface area contributed by atoms with Crippen LogP contribution in [0.3, 0.4) is 0 Å². The molecule has 0 radical (unpaired) electrons. The molecule has 7 nitrogen and oxygen atoms in total. The lowest BCUT2D eigenvalue weighted by molar-refractivity contribution is -0.147. The maximum atomic E-state index is 12.9. The molecular weight excluding hydrogens is 310 g/mol. The first-order chi connectivity index (χ1) is 11.6. The zero-order valence-electron chi connectivity index (χ0n) is 13.6. The van der Waals surface area contributed by atoms with E-state index in [2.05, 4.69) is 10.2 Å². The SMILES string of the molecule is Cc1nnc([C@@H]2CN(C(=O)[C@@H]3Oc4ccccc4[C@@H]3C)CCO2)o1. The van der Waals surface area contributed by atoms with Crippen molar-refractivity contribution in [1.29, 1.82) is 0 Å². The molecule has 2 aromatic rings. The summed E-state index contributed by atoms with van der Waals surface area (Å²) in [6, 6.07) is 7.80. The van der Waals surface area contributed by atoms with Gasteiger partial charge in [0.05, 0.1) is 13.2 Å². The summed E-state index contributed by atoms with van der Waals surface area (Å²) in [7, 11) is 0. The van der Waals surface area contributed by atoms with Crippen molar-refractivity contribution in [3.8, 4) is 5.75 Å². The van der Waals surface area contributed by atoms with Gasteiger partial charge in [0.1, 0.15) is 5.75 Å². The highest BCUT2D eigenvalue weighted by molar-refractivity contribution is 5.83. The first kappa shape index (κ1) is 15.1. The van der Waals surface area contributed by atoms with Crippen LogP contribution in [0.2, 0.25) is 0 Å². The average molecular weight is 329 g/mol. The minimum absolute atomic E-state index is 0.0248. The number of carbonyl (C=O) groups excluding carboxylic acids is 1. The van der Waals surface area contributed by atoms with Crippen molar-refractivity contribution in [2.24, 2.45) is 0 Å². The molecule has 0 unspecified atom stereocenters. The van der Waals surface area contributed by atoms with E-state index in [4.69, 9.17) is 13.9 Å². The molecule has 1 amide bonds. The molecule has 3 heterocycles. The number of amides is 1. The number of aryl methyl sites for hydroxylation is 1. The molecule has 4 rings (SSSR count). The van der Waals surface area contributed by atoms with Crippen LogP contribution in [0.5, 0.6) is 5.75 Å². The molecule has 0 spiro atoms. The van der Waals surface area contributed by atoms with Crippen LogP contribution in [0.4, 0.5) is 0 Å².